The molecule has 0 aliphatic carbocycles. The van der Waals surface area contributed by atoms with E-state index in [1.165, 1.54) is 0 Å². The van der Waals surface area contributed by atoms with Crippen LogP contribution < -0.4 is 4.74 Å². The number of halogens is 3. The molecule has 0 saturated heterocycles. The highest BCUT2D eigenvalue weighted by Crippen LogP contribution is 2.37. The van der Waals surface area contributed by atoms with Crippen LogP contribution in [-0.2, 0) is 0 Å². The molecule has 0 spiro atoms. The van der Waals surface area contributed by atoms with Crippen LogP contribution >= 0.6 is 31.9 Å². The molecular formula is C12H7Br2FN2O3. The van der Waals surface area contributed by atoms with Crippen molar-refractivity contribution in [3.63, 3.8) is 0 Å². The van der Waals surface area contributed by atoms with Crippen LogP contribution in [0.4, 0.5) is 10.1 Å². The second-order valence-electron chi connectivity index (χ2n) is 3.89. The third-order valence-electron chi connectivity index (χ3n) is 2.35. The van der Waals surface area contributed by atoms with Crippen molar-refractivity contribution < 1.29 is 14.1 Å². The number of benzene rings is 1. The van der Waals surface area contributed by atoms with Gasteiger partial charge >= 0.3 is 5.69 Å². The number of rotatable bonds is 3. The first-order valence-electron chi connectivity index (χ1n) is 5.32. The number of aromatic nitrogens is 1. The van der Waals surface area contributed by atoms with E-state index < -0.39 is 10.7 Å². The zero-order valence-electron chi connectivity index (χ0n) is 10.1. The lowest BCUT2D eigenvalue weighted by Gasteiger charge is -2.08. The number of ether oxygens (including phenoxy) is 1. The molecule has 0 bridgehead atoms. The zero-order chi connectivity index (χ0) is 14.9. The Hall–Kier alpha value is -1.54. The van der Waals surface area contributed by atoms with Crippen LogP contribution in [0, 0.1) is 22.9 Å². The second-order valence-corrected chi connectivity index (χ2v) is 5.60. The maximum atomic E-state index is 13.5. The molecule has 1 heterocycles. The lowest BCUT2D eigenvalue weighted by molar-refractivity contribution is -0.385. The Balaban J connectivity index is 2.47. The van der Waals surface area contributed by atoms with Gasteiger partial charge in [0.1, 0.15) is 5.82 Å². The number of nitrogens with zero attached hydrogens (tertiary/aromatic N) is 2. The van der Waals surface area contributed by atoms with Crippen LogP contribution in [0.15, 0.2) is 33.3 Å². The third-order valence-corrected chi connectivity index (χ3v) is 3.53. The molecule has 0 radical (unpaired) electrons. The van der Waals surface area contributed by atoms with E-state index in [0.717, 1.165) is 17.7 Å². The highest BCUT2D eigenvalue weighted by Gasteiger charge is 2.20. The summed E-state index contributed by atoms with van der Waals surface area (Å²) in [6, 6.07) is 3.73. The van der Waals surface area contributed by atoms with Gasteiger partial charge in [0.25, 0.3) is 0 Å². The van der Waals surface area contributed by atoms with Gasteiger partial charge in [0.05, 0.1) is 13.9 Å². The summed E-state index contributed by atoms with van der Waals surface area (Å²) in [6.07, 6.45) is 1.54. The molecule has 0 N–H and O–H groups in total. The van der Waals surface area contributed by atoms with E-state index in [1.807, 2.05) is 6.92 Å². The summed E-state index contributed by atoms with van der Waals surface area (Å²) >= 11 is 6.14. The van der Waals surface area contributed by atoms with Crippen LogP contribution in [-0.4, -0.2) is 9.91 Å². The van der Waals surface area contributed by atoms with Crippen molar-refractivity contribution in [2.75, 3.05) is 0 Å². The van der Waals surface area contributed by atoms with E-state index in [2.05, 4.69) is 36.8 Å². The third kappa shape index (κ3) is 3.13. The molecule has 104 valence electrons. The van der Waals surface area contributed by atoms with Crippen LogP contribution in [0.1, 0.15) is 5.56 Å². The number of pyridine rings is 1. The molecule has 20 heavy (non-hydrogen) atoms. The second kappa shape index (κ2) is 5.84. The van der Waals surface area contributed by atoms with Crippen LogP contribution in [0.2, 0.25) is 0 Å². The summed E-state index contributed by atoms with van der Waals surface area (Å²) < 4.78 is 19.4. The maximum absolute atomic E-state index is 13.5. The largest absolute Gasteiger partial charge is 0.431 e. The molecule has 5 nitrogen and oxygen atoms in total. The van der Waals surface area contributed by atoms with E-state index in [9.17, 15) is 14.5 Å². The zero-order valence-corrected chi connectivity index (χ0v) is 13.2. The van der Waals surface area contributed by atoms with Crippen molar-refractivity contribution in [3.8, 4) is 11.6 Å². The fourth-order valence-electron chi connectivity index (χ4n) is 1.44. The van der Waals surface area contributed by atoms with Gasteiger partial charge in [-0.2, -0.15) is 0 Å². The highest BCUT2D eigenvalue weighted by molar-refractivity contribution is 9.10. The molecule has 0 fully saturated rings. The van der Waals surface area contributed by atoms with Crippen LogP contribution in [0.5, 0.6) is 11.6 Å². The molecule has 0 atom stereocenters. The average Bonchev–Trinajstić information content (AvgIpc) is 2.36. The summed E-state index contributed by atoms with van der Waals surface area (Å²) in [5, 5.41) is 11.0. The molecule has 0 saturated carbocycles. The van der Waals surface area contributed by atoms with Gasteiger partial charge in [-0.3, -0.25) is 10.1 Å². The highest BCUT2D eigenvalue weighted by atomic mass is 79.9. The Labute approximate surface area is 130 Å². The Bertz CT molecular complexity index is 695. The minimum atomic E-state index is -0.658. The van der Waals surface area contributed by atoms with Crippen molar-refractivity contribution in [1.29, 1.82) is 0 Å². The molecule has 0 aliphatic heterocycles. The molecule has 0 aliphatic rings. The van der Waals surface area contributed by atoms with Crippen molar-refractivity contribution in [2.24, 2.45) is 0 Å². The molecule has 0 amide bonds. The Morgan fingerprint density at radius 3 is 2.60 bits per heavy atom. The van der Waals surface area contributed by atoms with Crippen LogP contribution in [0.3, 0.4) is 0 Å². The van der Waals surface area contributed by atoms with Crippen LogP contribution in [0.25, 0.3) is 0 Å². The monoisotopic (exact) mass is 404 g/mol. The van der Waals surface area contributed by atoms with E-state index >= 15 is 0 Å². The number of hydrogen-bond donors (Lipinski definition) is 0. The van der Waals surface area contributed by atoms with Gasteiger partial charge in [-0.05, 0) is 50.4 Å². The van der Waals surface area contributed by atoms with Gasteiger partial charge in [-0.25, -0.2) is 9.37 Å². The predicted molar refractivity (Wildman–Crippen MR) is 77.5 cm³/mol. The number of hydrogen-bond acceptors (Lipinski definition) is 4. The predicted octanol–water partition coefficient (Wildman–Crippen LogP) is 4.75. The summed E-state index contributed by atoms with van der Waals surface area (Å²) in [7, 11) is 0. The van der Waals surface area contributed by atoms with Gasteiger partial charge < -0.3 is 4.74 Å². The van der Waals surface area contributed by atoms with Crippen molar-refractivity contribution in [3.05, 3.63) is 54.8 Å². The van der Waals surface area contributed by atoms with Gasteiger partial charge in [0.2, 0.25) is 11.6 Å². The minimum absolute atomic E-state index is 0.00696. The number of aryl methyl sites for hydroxylation is 1. The summed E-state index contributed by atoms with van der Waals surface area (Å²) in [5.74, 6) is -0.748. The molecule has 1 aromatic carbocycles. The van der Waals surface area contributed by atoms with E-state index in [1.54, 1.807) is 12.3 Å². The summed E-state index contributed by atoms with van der Waals surface area (Å²) in [6.45, 7) is 1.84. The number of nitro benzene ring substituents is 1. The summed E-state index contributed by atoms with van der Waals surface area (Å²) in [4.78, 5) is 14.3. The molecule has 0 unspecified atom stereocenters. The first-order chi connectivity index (χ1) is 9.38. The molecular weight excluding hydrogens is 399 g/mol. The van der Waals surface area contributed by atoms with Gasteiger partial charge in [-0.15, -0.1) is 0 Å². The number of nitro groups is 1. The Kier molecular flexibility index (Phi) is 4.34. The van der Waals surface area contributed by atoms with Crippen molar-refractivity contribution in [1.82, 2.24) is 4.98 Å². The Morgan fingerprint density at radius 2 is 2.00 bits per heavy atom. The molecule has 2 aromatic rings. The first-order valence-corrected chi connectivity index (χ1v) is 6.90. The molecule has 1 aromatic heterocycles. The minimum Gasteiger partial charge on any atom is -0.431 e. The standard InChI is InChI=1S/C12H7Br2FN2O3/c1-6-2-8(14)12(16-5-6)20-11-4-9(15)7(13)3-10(11)17(18)19/h2-5H,1H3. The van der Waals surface area contributed by atoms with E-state index in [4.69, 9.17) is 4.74 Å². The summed E-state index contributed by atoms with van der Waals surface area (Å²) in [5.41, 5.74) is 0.535. The SMILES string of the molecule is Cc1cnc(Oc2cc(F)c(Br)cc2[N+](=O)[O-])c(Br)c1. The van der Waals surface area contributed by atoms with E-state index in [0.29, 0.717) is 4.47 Å². The molecule has 2 rings (SSSR count). The normalized spacial score (nSPS) is 10.4. The van der Waals surface area contributed by atoms with Gasteiger partial charge in [0.15, 0.2) is 0 Å². The van der Waals surface area contributed by atoms with Gasteiger partial charge in [0, 0.05) is 18.3 Å². The fraction of sp³-hybridized carbons (Fsp3) is 0.0833. The molecule has 8 heteroatoms. The fourth-order valence-corrected chi connectivity index (χ4v) is 2.32. The van der Waals surface area contributed by atoms with Gasteiger partial charge in [-0.1, -0.05) is 0 Å². The average molecular weight is 406 g/mol. The lowest BCUT2D eigenvalue weighted by atomic mass is 10.3. The topological polar surface area (TPSA) is 65.3 Å². The van der Waals surface area contributed by atoms with Crippen molar-refractivity contribution >= 4 is 37.5 Å². The Morgan fingerprint density at radius 1 is 1.30 bits per heavy atom. The first kappa shape index (κ1) is 14.9. The smallest absolute Gasteiger partial charge is 0.312 e. The van der Waals surface area contributed by atoms with E-state index in [-0.39, 0.29) is 21.8 Å². The lowest BCUT2D eigenvalue weighted by Crippen LogP contribution is -1.97. The van der Waals surface area contributed by atoms with Crippen molar-refractivity contribution in [2.45, 2.75) is 6.92 Å². The quantitative estimate of drug-likeness (QED) is 0.545. The maximum Gasteiger partial charge on any atom is 0.312 e.